The van der Waals surface area contributed by atoms with E-state index in [2.05, 4.69) is 10.6 Å². The fraction of sp³-hybridized carbons (Fsp3) is 0.286. The Morgan fingerprint density at radius 3 is 2.05 bits per heavy atom. The van der Waals surface area contributed by atoms with Crippen LogP contribution in [0.4, 0.5) is 4.79 Å². The lowest BCUT2D eigenvalue weighted by Gasteiger charge is -2.33. The molecule has 1 aliphatic rings. The summed E-state index contributed by atoms with van der Waals surface area (Å²) in [6.45, 7) is 2.95. The van der Waals surface area contributed by atoms with E-state index in [0.717, 1.165) is 0 Å². The SMILES string of the molecule is CCC1(c2ccc(OC(C)=O)cc2)C(=O)NC(=O)NC1=O. The lowest BCUT2D eigenvalue weighted by molar-refractivity contribution is -0.139. The minimum atomic E-state index is -1.47. The van der Waals surface area contributed by atoms with Gasteiger partial charge in [-0.3, -0.25) is 25.0 Å². The van der Waals surface area contributed by atoms with Crippen LogP contribution in [0, 0.1) is 0 Å². The van der Waals surface area contributed by atoms with Crippen molar-refractivity contribution in [1.82, 2.24) is 10.6 Å². The van der Waals surface area contributed by atoms with Crippen molar-refractivity contribution >= 4 is 23.8 Å². The van der Waals surface area contributed by atoms with Gasteiger partial charge in [-0.15, -0.1) is 0 Å². The van der Waals surface area contributed by atoms with Crippen LogP contribution >= 0.6 is 0 Å². The number of rotatable bonds is 3. The van der Waals surface area contributed by atoms with Gasteiger partial charge in [-0.1, -0.05) is 19.1 Å². The van der Waals surface area contributed by atoms with Crippen molar-refractivity contribution in [2.45, 2.75) is 25.7 Å². The molecule has 1 aromatic rings. The van der Waals surface area contributed by atoms with Gasteiger partial charge in [-0.2, -0.15) is 0 Å². The first-order valence-corrected chi connectivity index (χ1v) is 6.36. The zero-order valence-corrected chi connectivity index (χ0v) is 11.6. The minimum absolute atomic E-state index is 0.185. The van der Waals surface area contributed by atoms with Gasteiger partial charge in [0.15, 0.2) is 5.41 Å². The molecule has 0 aromatic heterocycles. The molecule has 4 amide bonds. The highest BCUT2D eigenvalue weighted by Gasteiger charge is 2.50. The molecule has 7 heteroatoms. The normalized spacial score (nSPS) is 17.0. The number of amides is 4. The van der Waals surface area contributed by atoms with Gasteiger partial charge in [-0.05, 0) is 24.1 Å². The summed E-state index contributed by atoms with van der Waals surface area (Å²) in [5.74, 6) is -1.49. The number of urea groups is 1. The van der Waals surface area contributed by atoms with E-state index in [1.807, 2.05) is 0 Å². The number of barbiturate groups is 1. The fourth-order valence-electron chi connectivity index (χ4n) is 2.31. The van der Waals surface area contributed by atoms with Gasteiger partial charge >= 0.3 is 12.0 Å². The summed E-state index contributed by atoms with van der Waals surface area (Å²) in [7, 11) is 0. The number of hydrogen-bond acceptors (Lipinski definition) is 5. The summed E-state index contributed by atoms with van der Waals surface area (Å²) in [5.41, 5.74) is -1.05. The molecule has 1 fully saturated rings. The summed E-state index contributed by atoms with van der Waals surface area (Å²) in [5, 5.41) is 4.20. The third kappa shape index (κ3) is 2.49. The monoisotopic (exact) mass is 290 g/mol. The molecule has 0 unspecified atom stereocenters. The first kappa shape index (κ1) is 14.7. The zero-order valence-electron chi connectivity index (χ0n) is 11.6. The van der Waals surface area contributed by atoms with E-state index in [-0.39, 0.29) is 6.42 Å². The van der Waals surface area contributed by atoms with Gasteiger partial charge in [-0.25, -0.2) is 4.79 Å². The number of ether oxygens (including phenoxy) is 1. The Hall–Kier alpha value is -2.70. The van der Waals surface area contributed by atoms with Crippen molar-refractivity contribution in [2.24, 2.45) is 0 Å². The first-order chi connectivity index (χ1) is 9.90. The van der Waals surface area contributed by atoms with E-state index < -0.39 is 29.2 Å². The Bertz CT molecular complexity index is 601. The van der Waals surface area contributed by atoms with Gasteiger partial charge in [0.2, 0.25) is 11.8 Å². The van der Waals surface area contributed by atoms with E-state index in [4.69, 9.17) is 4.74 Å². The van der Waals surface area contributed by atoms with Crippen LogP contribution in [-0.2, 0) is 19.8 Å². The van der Waals surface area contributed by atoms with Crippen LogP contribution in [0.2, 0.25) is 0 Å². The number of esters is 1. The van der Waals surface area contributed by atoms with Crippen LogP contribution in [0.25, 0.3) is 0 Å². The Kier molecular flexibility index (Phi) is 3.75. The molecular weight excluding hydrogens is 276 g/mol. The number of carbonyl (C=O) groups is 4. The molecule has 2 N–H and O–H groups in total. The summed E-state index contributed by atoms with van der Waals surface area (Å²) in [6.07, 6.45) is 0.185. The van der Waals surface area contributed by atoms with Gasteiger partial charge < -0.3 is 4.74 Å². The molecular formula is C14H14N2O5. The third-order valence-electron chi connectivity index (χ3n) is 3.37. The molecule has 0 bridgehead atoms. The van der Waals surface area contributed by atoms with Crippen molar-refractivity contribution in [3.63, 3.8) is 0 Å². The molecule has 1 heterocycles. The average molecular weight is 290 g/mol. The molecule has 0 spiro atoms. The summed E-state index contributed by atoms with van der Waals surface area (Å²) < 4.78 is 4.90. The Balaban J connectivity index is 2.40. The molecule has 7 nitrogen and oxygen atoms in total. The van der Waals surface area contributed by atoms with Gasteiger partial charge in [0.05, 0.1) is 0 Å². The van der Waals surface area contributed by atoms with Crippen molar-refractivity contribution in [1.29, 1.82) is 0 Å². The van der Waals surface area contributed by atoms with Crippen LogP contribution in [0.5, 0.6) is 5.75 Å². The van der Waals surface area contributed by atoms with Crippen molar-refractivity contribution in [3.8, 4) is 5.75 Å². The quantitative estimate of drug-likeness (QED) is 0.483. The highest BCUT2D eigenvalue weighted by atomic mass is 16.5. The maximum atomic E-state index is 12.2. The molecule has 2 rings (SSSR count). The smallest absolute Gasteiger partial charge is 0.328 e. The number of imide groups is 2. The van der Waals surface area contributed by atoms with Crippen molar-refractivity contribution < 1.29 is 23.9 Å². The molecule has 21 heavy (non-hydrogen) atoms. The van der Waals surface area contributed by atoms with Gasteiger partial charge in [0.1, 0.15) is 5.75 Å². The summed E-state index contributed by atoms with van der Waals surface area (Å²) >= 11 is 0. The van der Waals surface area contributed by atoms with Crippen LogP contribution in [-0.4, -0.2) is 23.8 Å². The second-order valence-electron chi connectivity index (χ2n) is 4.61. The van der Waals surface area contributed by atoms with Crippen molar-refractivity contribution in [2.75, 3.05) is 0 Å². The van der Waals surface area contributed by atoms with E-state index >= 15 is 0 Å². The van der Waals surface area contributed by atoms with Crippen molar-refractivity contribution in [3.05, 3.63) is 29.8 Å². The predicted octanol–water partition coefficient (Wildman–Crippen LogP) is 0.626. The predicted molar refractivity (Wildman–Crippen MR) is 71.4 cm³/mol. The Labute approximate surface area is 120 Å². The molecule has 0 saturated carbocycles. The first-order valence-electron chi connectivity index (χ1n) is 6.36. The van der Waals surface area contributed by atoms with Crippen LogP contribution in [0.15, 0.2) is 24.3 Å². The number of hydrogen-bond donors (Lipinski definition) is 2. The van der Waals surface area contributed by atoms with Crippen LogP contribution in [0.3, 0.4) is 0 Å². The largest absolute Gasteiger partial charge is 0.427 e. The van der Waals surface area contributed by atoms with Gasteiger partial charge in [0.25, 0.3) is 0 Å². The molecule has 0 aliphatic carbocycles. The second-order valence-corrected chi connectivity index (χ2v) is 4.61. The number of carbonyl (C=O) groups excluding carboxylic acids is 4. The van der Waals surface area contributed by atoms with E-state index in [0.29, 0.717) is 11.3 Å². The van der Waals surface area contributed by atoms with Gasteiger partial charge in [0, 0.05) is 6.92 Å². The standard InChI is InChI=1S/C14H14N2O5/c1-3-14(11(18)15-13(20)16-12(14)19)9-4-6-10(7-5-9)21-8(2)17/h4-7H,3H2,1-2H3,(H2,15,16,18,19,20). The maximum Gasteiger partial charge on any atom is 0.328 e. The highest BCUT2D eigenvalue weighted by molar-refractivity contribution is 6.22. The summed E-state index contributed by atoms with van der Waals surface area (Å²) in [6, 6.07) is 5.20. The molecule has 0 radical (unpaired) electrons. The van der Waals surface area contributed by atoms with E-state index in [9.17, 15) is 19.2 Å². The Morgan fingerprint density at radius 1 is 1.10 bits per heavy atom. The van der Waals surface area contributed by atoms with Crippen LogP contribution < -0.4 is 15.4 Å². The maximum absolute atomic E-state index is 12.2. The number of benzene rings is 1. The molecule has 110 valence electrons. The molecule has 1 aliphatic heterocycles. The zero-order chi connectivity index (χ0) is 15.6. The van der Waals surface area contributed by atoms with Crippen LogP contribution in [0.1, 0.15) is 25.8 Å². The Morgan fingerprint density at radius 2 is 1.62 bits per heavy atom. The van der Waals surface area contributed by atoms with E-state index in [1.54, 1.807) is 6.92 Å². The average Bonchev–Trinajstić information content (AvgIpc) is 2.40. The topological polar surface area (TPSA) is 102 Å². The molecule has 0 atom stereocenters. The van der Waals surface area contributed by atoms with E-state index in [1.165, 1.54) is 31.2 Å². The molecule has 1 saturated heterocycles. The molecule has 1 aromatic carbocycles. The number of nitrogens with one attached hydrogen (secondary N) is 2. The second kappa shape index (κ2) is 5.35. The minimum Gasteiger partial charge on any atom is -0.427 e. The fourth-order valence-corrected chi connectivity index (χ4v) is 2.31. The lowest BCUT2D eigenvalue weighted by atomic mass is 9.75. The summed E-state index contributed by atoms with van der Waals surface area (Å²) in [4.78, 5) is 46.4. The third-order valence-corrected chi connectivity index (χ3v) is 3.37. The lowest BCUT2D eigenvalue weighted by Crippen LogP contribution is -2.64. The highest BCUT2D eigenvalue weighted by Crippen LogP contribution is 2.31.